The van der Waals surface area contributed by atoms with Gasteiger partial charge < -0.3 is 15.2 Å². The molecule has 0 amide bonds. The quantitative estimate of drug-likeness (QED) is 0.296. The Balaban J connectivity index is 2.70. The molecule has 0 radical (unpaired) electrons. The SMILES string of the molecule is CCN(CC)CCCN(CC)c1cc(NN)nc(SC)n1. The summed E-state index contributed by atoms with van der Waals surface area (Å²) in [6.45, 7) is 11.8. The largest absolute Gasteiger partial charge is 0.357 e. The first-order chi connectivity index (χ1) is 10.2. The molecule has 1 aromatic rings. The number of rotatable bonds is 10. The van der Waals surface area contributed by atoms with E-state index in [-0.39, 0.29) is 0 Å². The van der Waals surface area contributed by atoms with E-state index in [9.17, 15) is 0 Å². The summed E-state index contributed by atoms with van der Waals surface area (Å²) in [4.78, 5) is 13.6. The standard InChI is InChI=1S/C14H28N6S/c1-5-19(6-2)9-8-10-20(7-3)13-11-12(18-15)16-14(17-13)21-4/h11H,5-10,15H2,1-4H3,(H,16,17,18). The zero-order chi connectivity index (χ0) is 15.7. The molecular weight excluding hydrogens is 284 g/mol. The van der Waals surface area contributed by atoms with Crippen molar-refractivity contribution >= 4 is 23.4 Å². The summed E-state index contributed by atoms with van der Waals surface area (Å²) in [7, 11) is 0. The summed E-state index contributed by atoms with van der Waals surface area (Å²) in [5, 5.41) is 0.739. The number of nitrogen functional groups attached to an aromatic ring is 1. The zero-order valence-electron chi connectivity index (χ0n) is 13.6. The van der Waals surface area contributed by atoms with Gasteiger partial charge in [-0.05, 0) is 39.2 Å². The van der Waals surface area contributed by atoms with E-state index in [0.29, 0.717) is 5.82 Å². The highest BCUT2D eigenvalue weighted by molar-refractivity contribution is 7.98. The monoisotopic (exact) mass is 312 g/mol. The predicted octanol–water partition coefficient (Wildman–Crippen LogP) is 2.04. The fourth-order valence-corrected chi connectivity index (χ4v) is 2.57. The third-order valence-electron chi connectivity index (χ3n) is 3.53. The van der Waals surface area contributed by atoms with Crippen LogP contribution in [0.2, 0.25) is 0 Å². The molecule has 0 bridgehead atoms. The van der Waals surface area contributed by atoms with E-state index in [1.165, 1.54) is 11.8 Å². The lowest BCUT2D eigenvalue weighted by molar-refractivity contribution is 0.300. The maximum atomic E-state index is 5.49. The van der Waals surface area contributed by atoms with Crippen molar-refractivity contribution in [3.63, 3.8) is 0 Å². The van der Waals surface area contributed by atoms with E-state index < -0.39 is 0 Å². The summed E-state index contributed by atoms with van der Waals surface area (Å²) in [6, 6.07) is 1.90. The third kappa shape index (κ3) is 5.68. The Bertz CT molecular complexity index is 388. The van der Waals surface area contributed by atoms with Crippen LogP contribution >= 0.6 is 11.8 Å². The predicted molar refractivity (Wildman–Crippen MR) is 91.9 cm³/mol. The number of hydrogen-bond donors (Lipinski definition) is 2. The van der Waals surface area contributed by atoms with Crippen molar-refractivity contribution in [2.45, 2.75) is 32.3 Å². The molecule has 0 saturated carbocycles. The van der Waals surface area contributed by atoms with Crippen LogP contribution in [-0.2, 0) is 0 Å². The van der Waals surface area contributed by atoms with Crippen LogP contribution in [0.3, 0.4) is 0 Å². The van der Waals surface area contributed by atoms with Crippen molar-refractivity contribution in [3.05, 3.63) is 6.07 Å². The molecule has 1 rings (SSSR count). The van der Waals surface area contributed by atoms with Gasteiger partial charge >= 0.3 is 0 Å². The topological polar surface area (TPSA) is 70.3 Å². The molecule has 0 unspecified atom stereocenters. The van der Waals surface area contributed by atoms with Crippen LogP contribution in [0.25, 0.3) is 0 Å². The van der Waals surface area contributed by atoms with Crippen LogP contribution in [0, 0.1) is 0 Å². The molecule has 0 aliphatic heterocycles. The van der Waals surface area contributed by atoms with E-state index in [0.717, 1.165) is 50.1 Å². The molecule has 3 N–H and O–H groups in total. The molecule has 7 heteroatoms. The Morgan fingerprint density at radius 2 is 1.86 bits per heavy atom. The van der Waals surface area contributed by atoms with E-state index in [2.05, 4.69) is 46.0 Å². The number of aromatic nitrogens is 2. The summed E-state index contributed by atoms with van der Waals surface area (Å²) in [5.74, 6) is 7.08. The summed E-state index contributed by atoms with van der Waals surface area (Å²) < 4.78 is 0. The average molecular weight is 312 g/mol. The number of nitrogens with zero attached hydrogens (tertiary/aromatic N) is 4. The molecule has 0 aromatic carbocycles. The third-order valence-corrected chi connectivity index (χ3v) is 4.07. The molecule has 0 spiro atoms. The van der Waals surface area contributed by atoms with Crippen molar-refractivity contribution in [3.8, 4) is 0 Å². The van der Waals surface area contributed by atoms with Gasteiger partial charge in [-0.15, -0.1) is 0 Å². The fraction of sp³-hybridized carbons (Fsp3) is 0.714. The molecule has 6 nitrogen and oxygen atoms in total. The molecule has 1 heterocycles. The maximum Gasteiger partial charge on any atom is 0.191 e. The van der Waals surface area contributed by atoms with Crippen LogP contribution in [0.5, 0.6) is 0 Å². The minimum absolute atomic E-state index is 0.659. The average Bonchev–Trinajstić information content (AvgIpc) is 2.54. The second-order valence-corrected chi connectivity index (χ2v) is 5.48. The van der Waals surface area contributed by atoms with Crippen molar-refractivity contribution in [2.24, 2.45) is 5.84 Å². The first-order valence-electron chi connectivity index (χ1n) is 7.55. The van der Waals surface area contributed by atoms with Crippen LogP contribution in [-0.4, -0.2) is 53.8 Å². The normalized spacial score (nSPS) is 11.0. The summed E-state index contributed by atoms with van der Waals surface area (Å²) in [5.41, 5.74) is 2.61. The minimum Gasteiger partial charge on any atom is -0.357 e. The Hall–Kier alpha value is -1.05. The fourth-order valence-electron chi connectivity index (χ4n) is 2.20. The molecule has 0 aliphatic carbocycles. The smallest absolute Gasteiger partial charge is 0.191 e. The molecule has 21 heavy (non-hydrogen) atoms. The van der Waals surface area contributed by atoms with Crippen LogP contribution in [0.15, 0.2) is 11.2 Å². The van der Waals surface area contributed by atoms with Crippen LogP contribution < -0.4 is 16.2 Å². The Kier molecular flexibility index (Phi) is 8.41. The van der Waals surface area contributed by atoms with Gasteiger partial charge in [-0.3, -0.25) is 0 Å². The van der Waals surface area contributed by atoms with Crippen molar-refractivity contribution in [1.82, 2.24) is 14.9 Å². The highest BCUT2D eigenvalue weighted by atomic mass is 32.2. The second kappa shape index (κ2) is 9.81. The number of anilines is 2. The van der Waals surface area contributed by atoms with Crippen LogP contribution in [0.4, 0.5) is 11.6 Å². The first-order valence-corrected chi connectivity index (χ1v) is 8.77. The number of nitrogens with one attached hydrogen (secondary N) is 1. The second-order valence-electron chi connectivity index (χ2n) is 4.70. The van der Waals surface area contributed by atoms with Gasteiger partial charge in [0.05, 0.1) is 0 Å². The van der Waals surface area contributed by atoms with Gasteiger partial charge in [-0.25, -0.2) is 15.8 Å². The minimum atomic E-state index is 0.659. The van der Waals surface area contributed by atoms with E-state index >= 15 is 0 Å². The molecule has 120 valence electrons. The lowest BCUT2D eigenvalue weighted by atomic mass is 10.3. The van der Waals surface area contributed by atoms with Crippen molar-refractivity contribution in [1.29, 1.82) is 0 Å². The Labute approximate surface area is 132 Å². The molecule has 0 atom stereocenters. The van der Waals surface area contributed by atoms with Crippen molar-refractivity contribution < 1.29 is 0 Å². The highest BCUT2D eigenvalue weighted by Crippen LogP contribution is 2.20. The lowest BCUT2D eigenvalue weighted by Crippen LogP contribution is -2.30. The number of thioether (sulfide) groups is 1. The molecule has 1 aromatic heterocycles. The van der Waals surface area contributed by atoms with Gasteiger partial charge in [-0.2, -0.15) is 0 Å². The number of nitrogens with two attached hydrogens (primary N) is 1. The molecule has 0 fully saturated rings. The van der Waals surface area contributed by atoms with Gasteiger partial charge in [0.2, 0.25) is 0 Å². The molecule has 0 aliphatic rings. The van der Waals surface area contributed by atoms with Gasteiger partial charge in [-0.1, -0.05) is 25.6 Å². The summed E-state index contributed by atoms with van der Waals surface area (Å²) >= 11 is 1.52. The van der Waals surface area contributed by atoms with E-state index in [4.69, 9.17) is 5.84 Å². The summed E-state index contributed by atoms with van der Waals surface area (Å²) in [6.07, 6.45) is 3.09. The Morgan fingerprint density at radius 1 is 1.14 bits per heavy atom. The Morgan fingerprint density at radius 3 is 2.38 bits per heavy atom. The highest BCUT2D eigenvalue weighted by Gasteiger charge is 2.10. The van der Waals surface area contributed by atoms with Crippen LogP contribution in [0.1, 0.15) is 27.2 Å². The van der Waals surface area contributed by atoms with Gasteiger partial charge in [0, 0.05) is 19.2 Å². The van der Waals surface area contributed by atoms with Gasteiger partial charge in [0.15, 0.2) is 5.16 Å². The maximum absolute atomic E-state index is 5.49. The molecular formula is C14H28N6S. The first kappa shape index (κ1) is 18.0. The van der Waals surface area contributed by atoms with Gasteiger partial charge in [0.25, 0.3) is 0 Å². The molecule has 0 saturated heterocycles. The van der Waals surface area contributed by atoms with Crippen molar-refractivity contribution in [2.75, 3.05) is 49.3 Å². The number of hydrazine groups is 1. The zero-order valence-corrected chi connectivity index (χ0v) is 14.4. The van der Waals surface area contributed by atoms with E-state index in [1.807, 2.05) is 12.3 Å². The lowest BCUT2D eigenvalue weighted by Gasteiger charge is -2.25. The van der Waals surface area contributed by atoms with E-state index in [1.54, 1.807) is 0 Å². The van der Waals surface area contributed by atoms with Gasteiger partial charge in [0.1, 0.15) is 11.6 Å². The number of hydrogen-bond acceptors (Lipinski definition) is 7.